The van der Waals surface area contributed by atoms with Gasteiger partial charge in [-0.2, -0.15) is 0 Å². The van der Waals surface area contributed by atoms with Crippen LogP contribution in [-0.4, -0.2) is 43.8 Å². The van der Waals surface area contributed by atoms with Gasteiger partial charge in [0, 0.05) is 18.5 Å². The Hall–Kier alpha value is -0.120. The summed E-state index contributed by atoms with van der Waals surface area (Å²) in [5.41, 5.74) is 5.98. The number of rotatable bonds is 2. The maximum atomic E-state index is 5.98. The highest BCUT2D eigenvalue weighted by atomic mass is 16.5. The molecule has 2 heterocycles. The Bertz CT molecular complexity index is 167. The van der Waals surface area contributed by atoms with Crippen molar-refractivity contribution in [2.45, 2.75) is 31.7 Å². The van der Waals surface area contributed by atoms with Crippen LogP contribution in [0.4, 0.5) is 0 Å². The molecule has 2 N–H and O–H groups in total. The Morgan fingerprint density at radius 3 is 2.36 bits per heavy atom. The van der Waals surface area contributed by atoms with E-state index in [0.29, 0.717) is 5.92 Å². The van der Waals surface area contributed by atoms with Crippen molar-refractivity contribution in [2.24, 2.45) is 11.7 Å². The van der Waals surface area contributed by atoms with Crippen molar-refractivity contribution in [1.82, 2.24) is 4.90 Å². The SMILES string of the molecule is NC1COCC1CN1CCCCCC1. The van der Waals surface area contributed by atoms with Gasteiger partial charge in [-0.05, 0) is 25.9 Å². The van der Waals surface area contributed by atoms with Crippen LogP contribution in [0.3, 0.4) is 0 Å². The summed E-state index contributed by atoms with van der Waals surface area (Å²) in [6.07, 6.45) is 5.54. The number of likely N-dealkylation sites (tertiary alicyclic amines) is 1. The highest BCUT2D eigenvalue weighted by molar-refractivity contribution is 4.81. The number of ether oxygens (including phenoxy) is 1. The van der Waals surface area contributed by atoms with Gasteiger partial charge in [-0.3, -0.25) is 0 Å². The quantitative estimate of drug-likeness (QED) is 0.714. The Kier molecular flexibility index (Phi) is 3.79. The Labute approximate surface area is 86.6 Å². The Balaban J connectivity index is 1.77. The molecule has 0 aromatic heterocycles. The molecule has 2 aliphatic heterocycles. The molecule has 2 aliphatic rings. The van der Waals surface area contributed by atoms with Crippen LogP contribution in [0.15, 0.2) is 0 Å². The third-order valence-corrected chi connectivity index (χ3v) is 3.44. The van der Waals surface area contributed by atoms with Crippen molar-refractivity contribution in [3.8, 4) is 0 Å². The lowest BCUT2D eigenvalue weighted by Gasteiger charge is -2.24. The molecule has 14 heavy (non-hydrogen) atoms. The van der Waals surface area contributed by atoms with Crippen LogP contribution in [0.2, 0.25) is 0 Å². The Morgan fingerprint density at radius 1 is 1.07 bits per heavy atom. The zero-order valence-electron chi connectivity index (χ0n) is 8.95. The Morgan fingerprint density at radius 2 is 1.79 bits per heavy atom. The molecule has 2 fully saturated rings. The second-order valence-corrected chi connectivity index (χ2v) is 4.68. The molecule has 0 amide bonds. The molecule has 2 unspecified atom stereocenters. The summed E-state index contributed by atoms with van der Waals surface area (Å²) in [5, 5.41) is 0. The second-order valence-electron chi connectivity index (χ2n) is 4.68. The van der Waals surface area contributed by atoms with E-state index in [9.17, 15) is 0 Å². The van der Waals surface area contributed by atoms with Gasteiger partial charge < -0.3 is 15.4 Å². The van der Waals surface area contributed by atoms with Gasteiger partial charge in [0.25, 0.3) is 0 Å². The normalized spacial score (nSPS) is 35.8. The van der Waals surface area contributed by atoms with Gasteiger partial charge in [0.1, 0.15) is 0 Å². The molecule has 2 rings (SSSR count). The van der Waals surface area contributed by atoms with Crippen molar-refractivity contribution in [3.63, 3.8) is 0 Å². The first-order chi connectivity index (χ1) is 6.86. The van der Waals surface area contributed by atoms with E-state index < -0.39 is 0 Å². The molecular weight excluding hydrogens is 176 g/mol. The molecule has 0 spiro atoms. The molecular formula is C11H22N2O. The van der Waals surface area contributed by atoms with Gasteiger partial charge in [-0.15, -0.1) is 0 Å². The fraction of sp³-hybridized carbons (Fsp3) is 1.00. The van der Waals surface area contributed by atoms with Crippen LogP contribution in [-0.2, 0) is 4.74 Å². The molecule has 3 nitrogen and oxygen atoms in total. The average Bonchev–Trinajstić information content (AvgIpc) is 2.44. The van der Waals surface area contributed by atoms with Crippen molar-refractivity contribution >= 4 is 0 Å². The molecule has 2 atom stereocenters. The summed E-state index contributed by atoms with van der Waals surface area (Å²) < 4.78 is 5.39. The van der Waals surface area contributed by atoms with Crippen LogP contribution < -0.4 is 5.73 Å². The topological polar surface area (TPSA) is 38.5 Å². The highest BCUT2D eigenvalue weighted by Crippen LogP contribution is 2.16. The third-order valence-electron chi connectivity index (χ3n) is 3.44. The van der Waals surface area contributed by atoms with E-state index in [1.165, 1.54) is 38.8 Å². The molecule has 3 heteroatoms. The fourth-order valence-electron chi connectivity index (χ4n) is 2.45. The van der Waals surface area contributed by atoms with E-state index in [1.807, 2.05) is 0 Å². The van der Waals surface area contributed by atoms with Gasteiger partial charge in [-0.1, -0.05) is 12.8 Å². The molecule has 0 aromatic rings. The number of hydrogen-bond acceptors (Lipinski definition) is 3. The number of nitrogens with two attached hydrogens (primary N) is 1. The second kappa shape index (κ2) is 5.10. The largest absolute Gasteiger partial charge is 0.379 e. The minimum Gasteiger partial charge on any atom is -0.379 e. The minimum atomic E-state index is 0.276. The molecule has 0 saturated carbocycles. The molecule has 0 bridgehead atoms. The van der Waals surface area contributed by atoms with E-state index in [-0.39, 0.29) is 6.04 Å². The van der Waals surface area contributed by atoms with Crippen LogP contribution in [0.5, 0.6) is 0 Å². The summed E-state index contributed by atoms with van der Waals surface area (Å²) in [6.45, 7) is 5.32. The first-order valence-corrected chi connectivity index (χ1v) is 5.92. The average molecular weight is 198 g/mol. The van der Waals surface area contributed by atoms with E-state index >= 15 is 0 Å². The minimum absolute atomic E-state index is 0.276. The van der Waals surface area contributed by atoms with Gasteiger partial charge >= 0.3 is 0 Å². The standard InChI is InChI=1S/C11H22N2O/c12-11-9-14-8-10(11)7-13-5-3-1-2-4-6-13/h10-11H,1-9,12H2. The van der Waals surface area contributed by atoms with Crippen molar-refractivity contribution in [2.75, 3.05) is 32.8 Å². The van der Waals surface area contributed by atoms with Crippen LogP contribution in [0, 0.1) is 5.92 Å². The number of hydrogen-bond donors (Lipinski definition) is 1. The van der Waals surface area contributed by atoms with Crippen molar-refractivity contribution in [3.05, 3.63) is 0 Å². The zero-order valence-corrected chi connectivity index (χ0v) is 8.95. The van der Waals surface area contributed by atoms with E-state index in [1.54, 1.807) is 0 Å². The monoisotopic (exact) mass is 198 g/mol. The molecule has 2 saturated heterocycles. The van der Waals surface area contributed by atoms with E-state index in [4.69, 9.17) is 10.5 Å². The smallest absolute Gasteiger partial charge is 0.0621 e. The highest BCUT2D eigenvalue weighted by Gasteiger charge is 2.26. The maximum Gasteiger partial charge on any atom is 0.0621 e. The van der Waals surface area contributed by atoms with Gasteiger partial charge in [0.05, 0.1) is 13.2 Å². The van der Waals surface area contributed by atoms with Gasteiger partial charge in [-0.25, -0.2) is 0 Å². The van der Waals surface area contributed by atoms with E-state index in [0.717, 1.165) is 19.8 Å². The molecule has 0 aromatic carbocycles. The molecule has 82 valence electrons. The predicted octanol–water partition coefficient (Wildman–Crippen LogP) is 0.836. The lowest BCUT2D eigenvalue weighted by Crippen LogP contribution is -2.38. The third kappa shape index (κ3) is 2.69. The first kappa shape index (κ1) is 10.4. The van der Waals surface area contributed by atoms with Gasteiger partial charge in [0.15, 0.2) is 0 Å². The summed E-state index contributed by atoms with van der Waals surface area (Å²) in [6, 6.07) is 0.276. The van der Waals surface area contributed by atoms with Crippen molar-refractivity contribution in [1.29, 1.82) is 0 Å². The summed E-state index contributed by atoms with van der Waals surface area (Å²) in [4.78, 5) is 2.58. The molecule has 0 aliphatic carbocycles. The van der Waals surface area contributed by atoms with E-state index in [2.05, 4.69) is 4.90 Å². The summed E-state index contributed by atoms with van der Waals surface area (Å²) >= 11 is 0. The lowest BCUT2D eigenvalue weighted by atomic mass is 10.0. The maximum absolute atomic E-state index is 5.98. The van der Waals surface area contributed by atoms with Crippen LogP contribution in [0.25, 0.3) is 0 Å². The molecule has 0 radical (unpaired) electrons. The van der Waals surface area contributed by atoms with Crippen molar-refractivity contribution < 1.29 is 4.74 Å². The van der Waals surface area contributed by atoms with Gasteiger partial charge in [0.2, 0.25) is 0 Å². The van der Waals surface area contributed by atoms with Crippen LogP contribution >= 0.6 is 0 Å². The zero-order chi connectivity index (χ0) is 9.80. The summed E-state index contributed by atoms with van der Waals surface area (Å²) in [5.74, 6) is 0.577. The van der Waals surface area contributed by atoms with Crippen LogP contribution in [0.1, 0.15) is 25.7 Å². The summed E-state index contributed by atoms with van der Waals surface area (Å²) in [7, 11) is 0. The predicted molar refractivity (Wildman–Crippen MR) is 57.2 cm³/mol. The lowest BCUT2D eigenvalue weighted by molar-refractivity contribution is 0.168. The first-order valence-electron chi connectivity index (χ1n) is 5.92. The fourth-order valence-corrected chi connectivity index (χ4v) is 2.45. The number of nitrogens with zero attached hydrogens (tertiary/aromatic N) is 1.